The summed E-state index contributed by atoms with van der Waals surface area (Å²) in [6.45, 7) is 2.37. The lowest BCUT2D eigenvalue weighted by Gasteiger charge is -2.15. The third kappa shape index (κ3) is 4.30. The minimum Gasteiger partial charge on any atom is -0.383 e. The molecule has 1 unspecified atom stereocenters. The lowest BCUT2D eigenvalue weighted by molar-refractivity contribution is 0.0906. The molecule has 0 aliphatic carbocycles. The number of amides is 1. The Kier molecular flexibility index (Phi) is 5.95. The first-order valence-corrected chi connectivity index (χ1v) is 6.53. The van der Waals surface area contributed by atoms with E-state index in [1.54, 1.807) is 13.2 Å². The molecule has 1 atom stereocenters. The number of carbonyl (C=O) groups is 1. The van der Waals surface area contributed by atoms with E-state index in [0.717, 1.165) is 10.0 Å². The standard InChI is InChI=1S/C12H15BrClNO2/c1-8-3-4-10(11(13)5-8)12(16)15-9(6-14)7-17-2/h3-5,9H,6-7H2,1-2H3,(H,15,16). The van der Waals surface area contributed by atoms with Gasteiger partial charge in [0.05, 0.1) is 18.2 Å². The third-order valence-electron chi connectivity index (χ3n) is 2.26. The number of methoxy groups -OCH3 is 1. The topological polar surface area (TPSA) is 38.3 Å². The van der Waals surface area contributed by atoms with Crippen molar-refractivity contribution in [2.75, 3.05) is 19.6 Å². The van der Waals surface area contributed by atoms with E-state index in [9.17, 15) is 4.79 Å². The fraction of sp³-hybridized carbons (Fsp3) is 0.417. The minimum atomic E-state index is -0.178. The first kappa shape index (κ1) is 14.5. The van der Waals surface area contributed by atoms with Crippen molar-refractivity contribution in [3.8, 4) is 0 Å². The van der Waals surface area contributed by atoms with Crippen LogP contribution >= 0.6 is 27.5 Å². The van der Waals surface area contributed by atoms with Crippen molar-refractivity contribution < 1.29 is 9.53 Å². The second-order valence-corrected chi connectivity index (χ2v) is 4.93. The summed E-state index contributed by atoms with van der Waals surface area (Å²) in [6.07, 6.45) is 0. The van der Waals surface area contributed by atoms with Gasteiger partial charge in [0, 0.05) is 17.5 Å². The Balaban J connectivity index is 2.75. The Hall–Kier alpha value is -0.580. The molecule has 1 aromatic rings. The number of benzene rings is 1. The van der Waals surface area contributed by atoms with E-state index in [0.29, 0.717) is 18.1 Å². The number of halogens is 2. The Morgan fingerprint density at radius 2 is 2.29 bits per heavy atom. The fourth-order valence-corrected chi connectivity index (χ4v) is 2.23. The molecule has 94 valence electrons. The summed E-state index contributed by atoms with van der Waals surface area (Å²) in [6, 6.07) is 5.40. The highest BCUT2D eigenvalue weighted by atomic mass is 79.9. The largest absolute Gasteiger partial charge is 0.383 e. The lowest BCUT2D eigenvalue weighted by Crippen LogP contribution is -2.39. The molecule has 0 aliphatic heterocycles. The van der Waals surface area contributed by atoms with Gasteiger partial charge in [-0.05, 0) is 40.5 Å². The van der Waals surface area contributed by atoms with Gasteiger partial charge in [-0.1, -0.05) is 6.07 Å². The molecule has 1 N–H and O–H groups in total. The van der Waals surface area contributed by atoms with E-state index < -0.39 is 0 Å². The molecule has 0 saturated heterocycles. The second kappa shape index (κ2) is 6.99. The molecule has 1 amide bonds. The van der Waals surface area contributed by atoms with E-state index in [-0.39, 0.29) is 11.9 Å². The first-order valence-electron chi connectivity index (χ1n) is 5.20. The molecule has 0 heterocycles. The average molecular weight is 321 g/mol. The van der Waals surface area contributed by atoms with Gasteiger partial charge in [0.25, 0.3) is 5.91 Å². The van der Waals surface area contributed by atoms with Crippen LogP contribution in [0.15, 0.2) is 22.7 Å². The smallest absolute Gasteiger partial charge is 0.252 e. The van der Waals surface area contributed by atoms with Crippen molar-refractivity contribution in [3.63, 3.8) is 0 Å². The van der Waals surface area contributed by atoms with Crippen molar-refractivity contribution in [1.29, 1.82) is 0 Å². The summed E-state index contributed by atoms with van der Waals surface area (Å²) in [5.74, 6) is 0.169. The Labute approximate surface area is 115 Å². The van der Waals surface area contributed by atoms with Crippen molar-refractivity contribution in [2.45, 2.75) is 13.0 Å². The predicted octanol–water partition coefficient (Wildman–Crippen LogP) is 2.74. The zero-order valence-electron chi connectivity index (χ0n) is 9.80. The summed E-state index contributed by atoms with van der Waals surface area (Å²) in [7, 11) is 1.58. The lowest BCUT2D eigenvalue weighted by atomic mass is 10.1. The fourth-order valence-electron chi connectivity index (χ4n) is 1.39. The quantitative estimate of drug-likeness (QED) is 0.847. The molecule has 0 saturated carbocycles. The van der Waals surface area contributed by atoms with Crippen molar-refractivity contribution in [2.24, 2.45) is 0 Å². The average Bonchev–Trinajstić information content (AvgIpc) is 2.28. The maximum absolute atomic E-state index is 12.0. The molecular formula is C12H15BrClNO2. The Morgan fingerprint density at radius 1 is 1.59 bits per heavy atom. The van der Waals surface area contributed by atoms with Crippen LogP contribution in [0, 0.1) is 6.92 Å². The summed E-state index contributed by atoms with van der Waals surface area (Å²) >= 11 is 9.11. The van der Waals surface area contributed by atoms with Crippen molar-refractivity contribution >= 4 is 33.4 Å². The molecule has 0 aliphatic rings. The van der Waals surface area contributed by atoms with E-state index in [1.165, 1.54) is 0 Å². The monoisotopic (exact) mass is 319 g/mol. The number of ether oxygens (including phenoxy) is 1. The SMILES string of the molecule is COCC(CCl)NC(=O)c1ccc(C)cc1Br. The van der Waals surface area contributed by atoms with Crippen LogP contribution in [0.1, 0.15) is 15.9 Å². The van der Waals surface area contributed by atoms with Crippen molar-refractivity contribution in [3.05, 3.63) is 33.8 Å². The molecule has 3 nitrogen and oxygen atoms in total. The zero-order valence-corrected chi connectivity index (χ0v) is 12.1. The molecule has 0 fully saturated rings. The van der Waals surface area contributed by atoms with Crippen LogP contribution in [0.3, 0.4) is 0 Å². The molecular weight excluding hydrogens is 305 g/mol. The Morgan fingerprint density at radius 3 is 2.82 bits per heavy atom. The van der Waals surface area contributed by atoms with Gasteiger partial charge in [-0.3, -0.25) is 4.79 Å². The molecule has 0 bridgehead atoms. The van der Waals surface area contributed by atoms with Crippen LogP contribution < -0.4 is 5.32 Å². The second-order valence-electron chi connectivity index (χ2n) is 3.76. The maximum Gasteiger partial charge on any atom is 0.252 e. The highest BCUT2D eigenvalue weighted by Gasteiger charge is 2.14. The number of carbonyl (C=O) groups excluding carboxylic acids is 1. The van der Waals surface area contributed by atoms with Gasteiger partial charge in [0.15, 0.2) is 0 Å². The van der Waals surface area contributed by atoms with Gasteiger partial charge >= 0.3 is 0 Å². The molecule has 0 spiro atoms. The van der Waals surface area contributed by atoms with Crippen LogP contribution in [-0.2, 0) is 4.74 Å². The van der Waals surface area contributed by atoms with Crippen LogP contribution in [0.2, 0.25) is 0 Å². The molecule has 1 aromatic carbocycles. The van der Waals surface area contributed by atoms with Crippen LogP contribution in [0.4, 0.5) is 0 Å². The van der Waals surface area contributed by atoms with E-state index in [1.807, 2.05) is 19.1 Å². The number of alkyl halides is 1. The predicted molar refractivity (Wildman–Crippen MR) is 72.7 cm³/mol. The van der Waals surface area contributed by atoms with Gasteiger partial charge in [0.2, 0.25) is 0 Å². The molecule has 5 heteroatoms. The molecule has 1 rings (SSSR count). The number of hydrogen-bond acceptors (Lipinski definition) is 2. The number of nitrogens with one attached hydrogen (secondary N) is 1. The first-order chi connectivity index (χ1) is 8.08. The van der Waals surface area contributed by atoms with Gasteiger partial charge in [-0.25, -0.2) is 0 Å². The highest BCUT2D eigenvalue weighted by molar-refractivity contribution is 9.10. The van der Waals surface area contributed by atoms with Gasteiger partial charge in [-0.15, -0.1) is 11.6 Å². The zero-order chi connectivity index (χ0) is 12.8. The number of hydrogen-bond donors (Lipinski definition) is 1. The normalized spacial score (nSPS) is 12.2. The van der Waals surface area contributed by atoms with Crippen LogP contribution in [0.5, 0.6) is 0 Å². The van der Waals surface area contributed by atoms with Crippen LogP contribution in [0.25, 0.3) is 0 Å². The van der Waals surface area contributed by atoms with E-state index >= 15 is 0 Å². The van der Waals surface area contributed by atoms with E-state index in [4.69, 9.17) is 16.3 Å². The van der Waals surface area contributed by atoms with Gasteiger partial charge in [0.1, 0.15) is 0 Å². The van der Waals surface area contributed by atoms with Gasteiger partial charge in [-0.2, -0.15) is 0 Å². The summed E-state index contributed by atoms with van der Waals surface area (Å²) in [5.41, 5.74) is 1.70. The Bertz CT molecular complexity index is 398. The van der Waals surface area contributed by atoms with Crippen molar-refractivity contribution in [1.82, 2.24) is 5.32 Å². The third-order valence-corrected chi connectivity index (χ3v) is 3.29. The van der Waals surface area contributed by atoms with Gasteiger partial charge < -0.3 is 10.1 Å². The summed E-state index contributed by atoms with van der Waals surface area (Å²) < 4.78 is 5.75. The molecule has 0 radical (unpaired) electrons. The summed E-state index contributed by atoms with van der Waals surface area (Å²) in [5, 5.41) is 2.82. The van der Waals surface area contributed by atoms with E-state index in [2.05, 4.69) is 21.2 Å². The number of rotatable bonds is 5. The maximum atomic E-state index is 12.0. The highest BCUT2D eigenvalue weighted by Crippen LogP contribution is 2.18. The van der Waals surface area contributed by atoms with Crippen LogP contribution in [-0.4, -0.2) is 31.5 Å². The summed E-state index contributed by atoms with van der Waals surface area (Å²) in [4.78, 5) is 12.0. The molecule has 0 aromatic heterocycles. The minimum absolute atomic E-state index is 0.153. The molecule has 17 heavy (non-hydrogen) atoms. The number of aryl methyl sites for hydroxylation is 1.